The topological polar surface area (TPSA) is 63.8 Å². The number of halogens is 1. The summed E-state index contributed by atoms with van der Waals surface area (Å²) in [5, 5.41) is 0.736. The molecule has 0 amide bonds. The zero-order valence-corrected chi connectivity index (χ0v) is 13.9. The molecule has 0 saturated heterocycles. The number of hydrogen-bond acceptors (Lipinski definition) is 5. The summed E-state index contributed by atoms with van der Waals surface area (Å²) in [6, 6.07) is 9.62. The molecule has 4 nitrogen and oxygen atoms in total. The molecule has 6 heteroatoms. The van der Waals surface area contributed by atoms with Crippen LogP contribution in [0, 0.1) is 0 Å². The zero-order chi connectivity index (χ0) is 15.5. The van der Waals surface area contributed by atoms with Gasteiger partial charge in [-0.15, -0.1) is 11.8 Å². The van der Waals surface area contributed by atoms with Crippen molar-refractivity contribution in [2.24, 2.45) is 5.84 Å². The number of aromatic nitrogens is 2. The minimum absolute atomic E-state index is 0.0474. The molecule has 0 spiro atoms. The lowest BCUT2D eigenvalue weighted by Crippen LogP contribution is -2.18. The lowest BCUT2D eigenvalue weighted by atomic mass is 9.92. The lowest BCUT2D eigenvalue weighted by molar-refractivity contribution is 0.564. The maximum atomic E-state index is 5.88. The van der Waals surface area contributed by atoms with Gasteiger partial charge in [0.1, 0.15) is 11.6 Å². The number of rotatable bonds is 4. The molecular formula is C15H19ClN4S. The third-order valence-corrected chi connectivity index (χ3v) is 4.13. The lowest BCUT2D eigenvalue weighted by Gasteiger charge is -2.19. The monoisotopic (exact) mass is 322 g/mol. The number of hydrazine groups is 1. The molecule has 112 valence electrons. The van der Waals surface area contributed by atoms with Gasteiger partial charge in [0.05, 0.1) is 11.4 Å². The Morgan fingerprint density at radius 3 is 2.43 bits per heavy atom. The van der Waals surface area contributed by atoms with Crippen molar-refractivity contribution in [3.05, 3.63) is 46.9 Å². The number of benzene rings is 1. The molecule has 1 aromatic heterocycles. The number of nitrogen functional groups attached to an aromatic ring is 1. The van der Waals surface area contributed by atoms with Crippen LogP contribution in [0.3, 0.4) is 0 Å². The van der Waals surface area contributed by atoms with Gasteiger partial charge in [-0.2, -0.15) is 0 Å². The van der Waals surface area contributed by atoms with E-state index in [1.54, 1.807) is 11.8 Å². The Morgan fingerprint density at radius 1 is 1.19 bits per heavy atom. The van der Waals surface area contributed by atoms with E-state index in [9.17, 15) is 0 Å². The van der Waals surface area contributed by atoms with Crippen LogP contribution in [0.5, 0.6) is 0 Å². The van der Waals surface area contributed by atoms with Gasteiger partial charge in [-0.1, -0.05) is 32.4 Å². The first-order valence-corrected chi connectivity index (χ1v) is 7.98. The fraction of sp³-hybridized carbons (Fsp3) is 0.333. The summed E-state index contributed by atoms with van der Waals surface area (Å²) in [5.41, 5.74) is 3.53. The van der Waals surface area contributed by atoms with Gasteiger partial charge in [0.15, 0.2) is 0 Å². The first-order chi connectivity index (χ1) is 9.88. The maximum Gasteiger partial charge on any atom is 0.143 e. The van der Waals surface area contributed by atoms with Gasteiger partial charge in [0.25, 0.3) is 0 Å². The molecule has 0 saturated carbocycles. The third-order valence-electron chi connectivity index (χ3n) is 2.87. The fourth-order valence-corrected chi connectivity index (χ4v) is 2.58. The Hall–Kier alpha value is -1.30. The van der Waals surface area contributed by atoms with Gasteiger partial charge < -0.3 is 5.43 Å². The van der Waals surface area contributed by atoms with E-state index >= 15 is 0 Å². The molecule has 0 aliphatic rings. The summed E-state index contributed by atoms with van der Waals surface area (Å²) in [5.74, 6) is 7.57. The Kier molecular flexibility index (Phi) is 5.08. The molecule has 1 aromatic carbocycles. The smallest absolute Gasteiger partial charge is 0.143 e. The fourth-order valence-electron chi connectivity index (χ4n) is 1.70. The first-order valence-electron chi connectivity index (χ1n) is 6.62. The number of nitrogens with two attached hydrogens (primary N) is 1. The minimum Gasteiger partial charge on any atom is -0.308 e. The van der Waals surface area contributed by atoms with Crippen LogP contribution in [-0.2, 0) is 11.2 Å². The second-order valence-corrected chi connectivity index (χ2v) is 7.18. The Balaban J connectivity index is 2.17. The molecule has 0 fully saturated rings. The number of nitrogens with zero attached hydrogens (tertiary/aromatic N) is 2. The molecule has 0 aliphatic carbocycles. The van der Waals surface area contributed by atoms with Crippen molar-refractivity contribution < 1.29 is 0 Å². The summed E-state index contributed by atoms with van der Waals surface area (Å²) in [6.07, 6.45) is 0. The van der Waals surface area contributed by atoms with Gasteiger partial charge in [0.2, 0.25) is 0 Å². The van der Waals surface area contributed by atoms with Crippen molar-refractivity contribution in [2.45, 2.75) is 36.8 Å². The number of thioether (sulfide) groups is 1. The Labute approximate surface area is 134 Å². The second kappa shape index (κ2) is 6.64. The molecule has 0 bridgehead atoms. The van der Waals surface area contributed by atoms with Crippen molar-refractivity contribution in [1.29, 1.82) is 0 Å². The number of nitrogens with one attached hydrogen (secondary N) is 1. The zero-order valence-electron chi connectivity index (χ0n) is 12.4. The highest BCUT2D eigenvalue weighted by Gasteiger charge is 2.17. The van der Waals surface area contributed by atoms with Crippen LogP contribution in [0.2, 0.25) is 5.02 Å². The van der Waals surface area contributed by atoms with E-state index in [4.69, 9.17) is 17.4 Å². The van der Waals surface area contributed by atoms with Crippen molar-refractivity contribution in [3.63, 3.8) is 0 Å². The minimum atomic E-state index is -0.0474. The van der Waals surface area contributed by atoms with Crippen molar-refractivity contribution in [2.75, 3.05) is 5.43 Å². The largest absolute Gasteiger partial charge is 0.308 e. The van der Waals surface area contributed by atoms with E-state index < -0.39 is 0 Å². The number of hydrogen-bond donors (Lipinski definition) is 2. The summed E-state index contributed by atoms with van der Waals surface area (Å²) >= 11 is 7.55. The second-order valence-electron chi connectivity index (χ2n) is 5.69. The molecule has 3 N–H and O–H groups in total. The molecule has 21 heavy (non-hydrogen) atoms. The molecule has 0 radical (unpaired) electrons. The Bertz CT molecular complexity index is 608. The van der Waals surface area contributed by atoms with E-state index in [1.807, 2.05) is 30.3 Å². The molecule has 2 aromatic rings. The maximum absolute atomic E-state index is 5.88. The summed E-state index contributed by atoms with van der Waals surface area (Å²) < 4.78 is 0. The molecule has 0 aliphatic heterocycles. The van der Waals surface area contributed by atoms with Gasteiger partial charge in [-0.05, 0) is 24.3 Å². The van der Waals surface area contributed by atoms with E-state index in [0.717, 1.165) is 21.4 Å². The standard InChI is InChI=1S/C15H19ClN4S/c1-15(2,3)12-8-13(20-17)19-14(18-12)9-21-11-6-4-10(16)5-7-11/h4-8H,9,17H2,1-3H3,(H,18,19,20). The molecule has 1 heterocycles. The van der Waals surface area contributed by atoms with Gasteiger partial charge in [0, 0.05) is 21.4 Å². The van der Waals surface area contributed by atoms with Crippen LogP contribution in [-0.4, -0.2) is 9.97 Å². The predicted molar refractivity (Wildman–Crippen MR) is 89.6 cm³/mol. The summed E-state index contributed by atoms with van der Waals surface area (Å²) in [6.45, 7) is 6.35. The van der Waals surface area contributed by atoms with Crippen LogP contribution in [0.1, 0.15) is 32.3 Å². The van der Waals surface area contributed by atoms with Crippen molar-refractivity contribution in [1.82, 2.24) is 9.97 Å². The third kappa shape index (κ3) is 4.59. The average molecular weight is 323 g/mol. The average Bonchev–Trinajstić information content (AvgIpc) is 2.45. The summed E-state index contributed by atoms with van der Waals surface area (Å²) in [4.78, 5) is 10.2. The van der Waals surface area contributed by atoms with Crippen LogP contribution in [0.15, 0.2) is 35.2 Å². The van der Waals surface area contributed by atoms with Crippen LogP contribution in [0.4, 0.5) is 5.82 Å². The SMILES string of the molecule is CC(C)(C)c1cc(NN)nc(CSc2ccc(Cl)cc2)n1. The Morgan fingerprint density at radius 2 is 1.86 bits per heavy atom. The van der Waals surface area contributed by atoms with E-state index in [1.165, 1.54) is 0 Å². The normalized spacial score (nSPS) is 11.5. The van der Waals surface area contributed by atoms with Crippen LogP contribution >= 0.6 is 23.4 Å². The first kappa shape index (κ1) is 16.1. The van der Waals surface area contributed by atoms with E-state index in [2.05, 4.69) is 36.2 Å². The number of anilines is 1. The van der Waals surface area contributed by atoms with Crippen molar-refractivity contribution in [3.8, 4) is 0 Å². The van der Waals surface area contributed by atoms with E-state index in [-0.39, 0.29) is 5.41 Å². The van der Waals surface area contributed by atoms with Crippen LogP contribution < -0.4 is 11.3 Å². The molecular weight excluding hydrogens is 304 g/mol. The van der Waals surface area contributed by atoms with E-state index in [0.29, 0.717) is 11.6 Å². The quantitative estimate of drug-likeness (QED) is 0.506. The summed E-state index contributed by atoms with van der Waals surface area (Å²) in [7, 11) is 0. The molecule has 0 unspecified atom stereocenters. The van der Waals surface area contributed by atoms with Gasteiger partial charge >= 0.3 is 0 Å². The highest BCUT2D eigenvalue weighted by molar-refractivity contribution is 7.98. The highest BCUT2D eigenvalue weighted by Crippen LogP contribution is 2.26. The molecule has 2 rings (SSSR count). The van der Waals surface area contributed by atoms with Crippen LogP contribution in [0.25, 0.3) is 0 Å². The van der Waals surface area contributed by atoms with Gasteiger partial charge in [-0.3, -0.25) is 0 Å². The van der Waals surface area contributed by atoms with Gasteiger partial charge in [-0.25, -0.2) is 15.8 Å². The predicted octanol–water partition coefficient (Wildman–Crippen LogP) is 4.01. The van der Waals surface area contributed by atoms with Crippen molar-refractivity contribution >= 4 is 29.2 Å². The molecule has 0 atom stereocenters. The highest BCUT2D eigenvalue weighted by atomic mass is 35.5.